The predicted octanol–water partition coefficient (Wildman–Crippen LogP) is 12.2. The molecule has 62 heavy (non-hydrogen) atoms. The van der Waals surface area contributed by atoms with Gasteiger partial charge in [0, 0.05) is 19.3 Å². The summed E-state index contributed by atoms with van der Waals surface area (Å²) >= 11 is 0. The molecule has 1 unspecified atom stereocenters. The van der Waals surface area contributed by atoms with Gasteiger partial charge < -0.3 is 30.6 Å². The minimum absolute atomic E-state index is 0.0370. The molecule has 6 saturated carbocycles. The van der Waals surface area contributed by atoms with Gasteiger partial charge in [-0.05, 0) is 111 Å². The average molecular weight is 881 g/mol. The van der Waals surface area contributed by atoms with Crippen molar-refractivity contribution >= 4 is 35.8 Å². The maximum Gasteiger partial charge on any atom is 0.306 e. The van der Waals surface area contributed by atoms with E-state index in [1.165, 1.54) is 51.4 Å². The Morgan fingerprint density at radius 3 is 0.758 bits per heavy atom. The van der Waals surface area contributed by atoms with Gasteiger partial charge in [0.05, 0.1) is 17.8 Å². The molecule has 360 valence electrons. The van der Waals surface area contributed by atoms with Crippen LogP contribution in [-0.4, -0.2) is 66.5 Å². The number of hydrogen-bond acceptors (Lipinski definition) is 6. The van der Waals surface area contributed by atoms with Crippen LogP contribution in [0.2, 0.25) is 0 Å². The number of carboxylic acids is 6. The highest BCUT2D eigenvalue weighted by atomic mass is 16.4. The highest BCUT2D eigenvalue weighted by Gasteiger charge is 2.33. The van der Waals surface area contributed by atoms with Crippen LogP contribution in [0.15, 0.2) is 0 Å². The molecule has 6 fully saturated rings. The highest BCUT2D eigenvalue weighted by Crippen LogP contribution is 2.37. The van der Waals surface area contributed by atoms with E-state index < -0.39 is 35.8 Å². The second kappa shape index (κ2) is 31.6. The molecule has 0 bridgehead atoms. The smallest absolute Gasteiger partial charge is 0.306 e. The van der Waals surface area contributed by atoms with Crippen molar-refractivity contribution in [1.29, 1.82) is 0 Å². The van der Waals surface area contributed by atoms with Gasteiger partial charge in [-0.3, -0.25) is 28.8 Å². The van der Waals surface area contributed by atoms with E-state index in [-0.39, 0.29) is 17.8 Å². The Labute approximate surface area is 373 Å². The monoisotopic (exact) mass is 881 g/mol. The summed E-state index contributed by atoms with van der Waals surface area (Å²) in [7, 11) is 0. The van der Waals surface area contributed by atoms with Crippen molar-refractivity contribution in [2.24, 2.45) is 71.0 Å². The van der Waals surface area contributed by atoms with E-state index in [1.807, 2.05) is 0 Å². The molecule has 6 rings (SSSR count). The summed E-state index contributed by atoms with van der Waals surface area (Å²) in [6.07, 6.45) is 26.8. The summed E-state index contributed by atoms with van der Waals surface area (Å²) in [4.78, 5) is 62.9. The van der Waals surface area contributed by atoms with Gasteiger partial charge in [0.2, 0.25) is 0 Å². The summed E-state index contributed by atoms with van der Waals surface area (Å²) < 4.78 is 0. The Morgan fingerprint density at radius 2 is 0.532 bits per heavy atom. The first-order valence-corrected chi connectivity index (χ1v) is 24.7. The van der Waals surface area contributed by atoms with E-state index in [2.05, 4.69) is 41.5 Å². The van der Waals surface area contributed by atoms with Gasteiger partial charge in [-0.15, -0.1) is 0 Å². The lowest BCUT2D eigenvalue weighted by molar-refractivity contribution is -0.145. The van der Waals surface area contributed by atoms with Gasteiger partial charge in [-0.2, -0.15) is 0 Å². The van der Waals surface area contributed by atoms with Crippen molar-refractivity contribution in [2.75, 3.05) is 0 Å². The molecular formula is C50H88O12. The zero-order valence-corrected chi connectivity index (χ0v) is 39.4. The summed E-state index contributed by atoms with van der Waals surface area (Å²) in [5, 5.41) is 51.8. The van der Waals surface area contributed by atoms with Crippen LogP contribution in [0.5, 0.6) is 0 Å². The average Bonchev–Trinajstić information content (AvgIpc) is 4.06. The van der Waals surface area contributed by atoms with Gasteiger partial charge in [-0.1, -0.05) is 131 Å². The SMILES string of the molecule is CC[C@H]1CCCC1C(=O)O.CC[C@H]1CCCC[C@H]1C(=O)O.CC[C@H]1CCC[C@H]1C(=O)O.C[C@H]1CCCC[C@@H]1CC(=O)O.C[C@H]1CCC[C@@H]1CC(=O)O.C[C@H]1CCC[C@H]1CC(=O)O. The summed E-state index contributed by atoms with van der Waals surface area (Å²) in [6.45, 7) is 12.7. The molecule has 0 aromatic rings. The molecule has 12 nitrogen and oxygen atoms in total. The lowest BCUT2D eigenvalue weighted by atomic mass is 9.78. The summed E-state index contributed by atoms with van der Waals surface area (Å²) in [5.74, 6) is 0.801. The lowest BCUT2D eigenvalue weighted by Crippen LogP contribution is -2.26. The molecule has 0 amide bonds. The molecule has 6 aliphatic carbocycles. The Morgan fingerprint density at radius 1 is 0.323 bits per heavy atom. The Bertz CT molecular complexity index is 1250. The maximum absolute atomic E-state index is 10.7. The molecule has 12 heteroatoms. The van der Waals surface area contributed by atoms with E-state index in [0.717, 1.165) is 96.3 Å². The van der Waals surface area contributed by atoms with Gasteiger partial charge in [-0.25, -0.2) is 0 Å². The van der Waals surface area contributed by atoms with Gasteiger partial charge in [0.1, 0.15) is 0 Å². The fourth-order valence-electron chi connectivity index (χ4n) is 11.1. The van der Waals surface area contributed by atoms with Crippen LogP contribution in [0.25, 0.3) is 0 Å². The van der Waals surface area contributed by atoms with E-state index >= 15 is 0 Å². The predicted molar refractivity (Wildman–Crippen MR) is 242 cm³/mol. The fourth-order valence-corrected chi connectivity index (χ4v) is 11.1. The van der Waals surface area contributed by atoms with Crippen LogP contribution in [0.3, 0.4) is 0 Å². The summed E-state index contributed by atoms with van der Waals surface area (Å²) in [5.41, 5.74) is 0. The standard InChI is InChI=1S/2C9H16O2.4C8H14O2/c1-7-4-2-3-5-8(7)6-9(10)11;1-2-7-5-3-4-6-8(7)9(10)11;2*1-6-3-2-4-7(6)5-8(9)10;2*1-2-6-4-3-5-7(6)8(9)10/h2*7-8H,2-6H2,1H3,(H,10,11);4*6-7H,2-5H2,1H3,(H,9,10)/t2*7-,8+;6-,7+;6-,7-;6-,7?;6-,7+/m000000/s1. The van der Waals surface area contributed by atoms with Gasteiger partial charge in [0.15, 0.2) is 0 Å². The second-order valence-electron chi connectivity index (χ2n) is 19.6. The summed E-state index contributed by atoms with van der Waals surface area (Å²) in [6, 6.07) is 0. The van der Waals surface area contributed by atoms with Crippen molar-refractivity contribution in [3.8, 4) is 0 Å². The van der Waals surface area contributed by atoms with Crippen molar-refractivity contribution in [1.82, 2.24) is 0 Å². The first-order valence-electron chi connectivity index (χ1n) is 24.7. The van der Waals surface area contributed by atoms with Crippen LogP contribution in [-0.2, 0) is 28.8 Å². The molecule has 0 heterocycles. The van der Waals surface area contributed by atoms with Crippen molar-refractivity contribution in [2.45, 2.75) is 208 Å². The third-order valence-electron chi connectivity index (χ3n) is 15.4. The van der Waals surface area contributed by atoms with E-state index in [1.54, 1.807) is 0 Å². The quantitative estimate of drug-likeness (QED) is 0.108. The third kappa shape index (κ3) is 22.4. The van der Waals surface area contributed by atoms with Crippen LogP contribution in [0, 0.1) is 71.0 Å². The van der Waals surface area contributed by atoms with Gasteiger partial charge >= 0.3 is 35.8 Å². The van der Waals surface area contributed by atoms with Crippen LogP contribution in [0.1, 0.15) is 208 Å². The molecule has 0 radical (unpaired) electrons. The van der Waals surface area contributed by atoms with Gasteiger partial charge in [0.25, 0.3) is 0 Å². The molecule has 0 aromatic carbocycles. The van der Waals surface area contributed by atoms with Crippen LogP contribution in [0.4, 0.5) is 0 Å². The molecular weight excluding hydrogens is 793 g/mol. The van der Waals surface area contributed by atoms with Crippen molar-refractivity contribution < 1.29 is 59.4 Å². The van der Waals surface area contributed by atoms with Crippen LogP contribution >= 0.6 is 0 Å². The number of carboxylic acid groups (broad SMARTS) is 6. The molecule has 0 aliphatic heterocycles. The minimum Gasteiger partial charge on any atom is -0.481 e. The highest BCUT2D eigenvalue weighted by molar-refractivity contribution is 5.71. The van der Waals surface area contributed by atoms with Crippen molar-refractivity contribution in [3.63, 3.8) is 0 Å². The molecule has 0 spiro atoms. The van der Waals surface area contributed by atoms with E-state index in [4.69, 9.17) is 30.6 Å². The lowest BCUT2D eigenvalue weighted by Gasteiger charge is -2.27. The number of hydrogen-bond donors (Lipinski definition) is 6. The molecule has 6 N–H and O–H groups in total. The topological polar surface area (TPSA) is 224 Å². The fraction of sp³-hybridized carbons (Fsp3) is 0.880. The first-order chi connectivity index (χ1) is 29.4. The zero-order valence-electron chi connectivity index (χ0n) is 39.4. The molecule has 6 aliphatic rings. The largest absolute Gasteiger partial charge is 0.481 e. The molecule has 0 aromatic heterocycles. The van der Waals surface area contributed by atoms with E-state index in [9.17, 15) is 28.8 Å². The van der Waals surface area contributed by atoms with Crippen molar-refractivity contribution in [3.05, 3.63) is 0 Å². The normalized spacial score (nSPS) is 32.2. The first kappa shape index (κ1) is 56.8. The van der Waals surface area contributed by atoms with Crippen LogP contribution < -0.4 is 0 Å². The third-order valence-corrected chi connectivity index (χ3v) is 15.4. The number of rotatable bonds is 12. The zero-order chi connectivity index (χ0) is 46.8. The maximum atomic E-state index is 10.7. The minimum atomic E-state index is -0.640. The Hall–Kier alpha value is -3.18. The second-order valence-corrected chi connectivity index (χ2v) is 19.6. The Kier molecular flexibility index (Phi) is 29.0. The molecule has 0 saturated heterocycles. The number of carbonyl (C=O) groups is 6. The Balaban J connectivity index is 0.000000372. The number of aliphatic carboxylic acids is 6. The molecule has 12 atom stereocenters. The van der Waals surface area contributed by atoms with E-state index in [0.29, 0.717) is 72.5 Å².